The molecule has 0 fully saturated rings. The van der Waals surface area contributed by atoms with E-state index in [9.17, 15) is 14.7 Å². The molecule has 3 N–H and O–H groups in total. The quantitative estimate of drug-likeness (QED) is 0.357. The van der Waals surface area contributed by atoms with Gasteiger partial charge in [-0.2, -0.15) is 0 Å². The van der Waals surface area contributed by atoms with Gasteiger partial charge >= 0.3 is 5.97 Å². The van der Waals surface area contributed by atoms with Crippen molar-refractivity contribution >= 4 is 81.3 Å². The summed E-state index contributed by atoms with van der Waals surface area (Å²) < 4.78 is 5.54. The molecule has 3 aromatic rings. The molecule has 6 nitrogen and oxygen atoms in total. The Balaban J connectivity index is 1.76. The minimum atomic E-state index is -1.27. The van der Waals surface area contributed by atoms with Gasteiger partial charge in [0, 0.05) is 15.6 Å². The summed E-state index contributed by atoms with van der Waals surface area (Å²) in [5.41, 5.74) is 0.299. The zero-order valence-electron chi connectivity index (χ0n) is 14.6. The molecular weight excluding hydrogens is 494 g/mol. The summed E-state index contributed by atoms with van der Waals surface area (Å²) in [6.07, 6.45) is 0. The van der Waals surface area contributed by atoms with E-state index in [2.05, 4.69) is 10.6 Å². The van der Waals surface area contributed by atoms with Crippen molar-refractivity contribution in [2.24, 2.45) is 0 Å². The number of benzene rings is 2. The topological polar surface area (TPSA) is 91.6 Å². The fourth-order valence-corrected chi connectivity index (χ4v) is 3.59. The molecule has 30 heavy (non-hydrogen) atoms. The van der Waals surface area contributed by atoms with E-state index in [0.717, 1.165) is 0 Å². The van der Waals surface area contributed by atoms with Crippen LogP contribution in [0.1, 0.15) is 20.9 Å². The van der Waals surface area contributed by atoms with E-state index in [1.165, 1.54) is 18.2 Å². The molecule has 1 heterocycles. The minimum absolute atomic E-state index is 0.00953. The standard InChI is InChI=1S/C19H10Cl4N2O4S/c20-8-1-2-12(22)10(5-8)14-3-4-15(29-14)17(26)25-19(30)24-16-11(18(27)28)6-9(21)7-13(16)23/h1-7H,(H,27,28)(H2,24,25,26,30). The van der Waals surface area contributed by atoms with E-state index in [1.807, 2.05) is 0 Å². The van der Waals surface area contributed by atoms with Crippen LogP contribution in [0.2, 0.25) is 20.1 Å². The smallest absolute Gasteiger partial charge is 0.337 e. The number of anilines is 1. The highest BCUT2D eigenvalue weighted by Gasteiger charge is 2.19. The van der Waals surface area contributed by atoms with Crippen molar-refractivity contribution in [3.05, 3.63) is 73.9 Å². The normalized spacial score (nSPS) is 10.5. The monoisotopic (exact) mass is 502 g/mol. The highest BCUT2D eigenvalue weighted by Crippen LogP contribution is 2.32. The van der Waals surface area contributed by atoms with Crippen molar-refractivity contribution in [3.8, 4) is 11.3 Å². The Labute approximate surface area is 195 Å². The number of carbonyl (C=O) groups excluding carboxylic acids is 1. The first kappa shape index (κ1) is 22.4. The maximum atomic E-state index is 12.4. The van der Waals surface area contributed by atoms with Gasteiger partial charge in [0.05, 0.1) is 21.3 Å². The van der Waals surface area contributed by atoms with Crippen molar-refractivity contribution < 1.29 is 19.1 Å². The molecule has 1 amide bonds. The Morgan fingerprint density at radius 3 is 2.37 bits per heavy atom. The van der Waals surface area contributed by atoms with E-state index in [1.54, 1.807) is 24.3 Å². The van der Waals surface area contributed by atoms with E-state index in [4.69, 9.17) is 63.0 Å². The molecule has 3 rings (SSSR count). The largest absolute Gasteiger partial charge is 0.478 e. The Bertz CT molecular complexity index is 1180. The lowest BCUT2D eigenvalue weighted by atomic mass is 10.2. The summed E-state index contributed by atoms with van der Waals surface area (Å²) in [5, 5.41) is 15.1. The Morgan fingerprint density at radius 2 is 1.67 bits per heavy atom. The van der Waals surface area contributed by atoms with Crippen LogP contribution < -0.4 is 10.6 Å². The molecule has 0 saturated heterocycles. The molecule has 0 bridgehead atoms. The molecule has 0 aliphatic rings. The lowest BCUT2D eigenvalue weighted by molar-refractivity contribution is 0.0697. The number of halogens is 4. The molecule has 0 spiro atoms. The SMILES string of the molecule is O=C(NC(=S)Nc1c(Cl)cc(Cl)cc1C(=O)O)c1ccc(-c2cc(Cl)ccc2Cl)o1. The Kier molecular flexibility index (Phi) is 6.90. The van der Waals surface area contributed by atoms with Crippen LogP contribution in [0.3, 0.4) is 0 Å². The second kappa shape index (κ2) is 9.24. The van der Waals surface area contributed by atoms with Gasteiger partial charge in [-0.1, -0.05) is 46.4 Å². The molecule has 0 unspecified atom stereocenters. The number of nitrogens with one attached hydrogen (secondary N) is 2. The summed E-state index contributed by atoms with van der Waals surface area (Å²) >= 11 is 29.1. The molecule has 0 aliphatic carbocycles. The van der Waals surface area contributed by atoms with Crippen LogP contribution in [-0.4, -0.2) is 22.1 Å². The molecule has 2 aromatic carbocycles. The molecule has 0 atom stereocenters. The zero-order valence-corrected chi connectivity index (χ0v) is 18.5. The third-order valence-corrected chi connectivity index (χ3v) is 5.06. The van der Waals surface area contributed by atoms with Crippen LogP contribution in [0.15, 0.2) is 46.9 Å². The second-order valence-electron chi connectivity index (χ2n) is 5.81. The number of carbonyl (C=O) groups is 2. The maximum Gasteiger partial charge on any atom is 0.337 e. The van der Waals surface area contributed by atoms with E-state index in [-0.39, 0.29) is 32.2 Å². The van der Waals surface area contributed by atoms with Gasteiger partial charge in [0.2, 0.25) is 0 Å². The molecule has 0 saturated carbocycles. The highest BCUT2D eigenvalue weighted by molar-refractivity contribution is 7.80. The van der Waals surface area contributed by atoms with Gasteiger partial charge < -0.3 is 14.8 Å². The minimum Gasteiger partial charge on any atom is -0.478 e. The predicted octanol–water partition coefficient (Wildman–Crippen LogP) is 6.39. The first-order chi connectivity index (χ1) is 14.2. The van der Waals surface area contributed by atoms with Crippen molar-refractivity contribution in [1.29, 1.82) is 0 Å². The first-order valence-corrected chi connectivity index (χ1v) is 9.97. The average molecular weight is 504 g/mol. The molecule has 11 heteroatoms. The van der Waals surface area contributed by atoms with Gasteiger partial charge in [0.15, 0.2) is 10.9 Å². The number of hydrogen-bond donors (Lipinski definition) is 3. The number of rotatable bonds is 4. The molecular formula is C19H10Cl4N2O4S. The van der Waals surface area contributed by atoms with Crippen LogP contribution in [0.25, 0.3) is 11.3 Å². The van der Waals surface area contributed by atoms with Gasteiger partial charge in [-0.25, -0.2) is 4.79 Å². The maximum absolute atomic E-state index is 12.4. The number of furan rings is 1. The van der Waals surface area contributed by atoms with Crippen LogP contribution in [0.4, 0.5) is 5.69 Å². The third-order valence-electron chi connectivity index (χ3n) is 3.77. The first-order valence-electron chi connectivity index (χ1n) is 8.05. The van der Waals surface area contributed by atoms with Gasteiger partial charge in [-0.15, -0.1) is 0 Å². The molecule has 154 valence electrons. The van der Waals surface area contributed by atoms with E-state index < -0.39 is 11.9 Å². The van der Waals surface area contributed by atoms with Crippen LogP contribution in [0, 0.1) is 0 Å². The lowest BCUT2D eigenvalue weighted by Gasteiger charge is -2.13. The second-order valence-corrected chi connectivity index (χ2v) is 7.91. The number of carboxylic acid groups (broad SMARTS) is 1. The number of amides is 1. The number of hydrogen-bond acceptors (Lipinski definition) is 4. The molecule has 1 aromatic heterocycles. The number of aromatic carboxylic acids is 1. The average Bonchev–Trinajstić information content (AvgIpc) is 3.15. The summed E-state index contributed by atoms with van der Waals surface area (Å²) in [4.78, 5) is 23.9. The molecule has 0 radical (unpaired) electrons. The van der Waals surface area contributed by atoms with Crippen molar-refractivity contribution in [1.82, 2.24) is 5.32 Å². The van der Waals surface area contributed by atoms with E-state index in [0.29, 0.717) is 21.4 Å². The highest BCUT2D eigenvalue weighted by atomic mass is 35.5. The van der Waals surface area contributed by atoms with Crippen molar-refractivity contribution in [3.63, 3.8) is 0 Å². The summed E-state index contributed by atoms with van der Waals surface area (Å²) in [5.74, 6) is -1.66. The van der Waals surface area contributed by atoms with Crippen LogP contribution >= 0.6 is 58.6 Å². The number of carboxylic acids is 1. The Hall–Kier alpha value is -2.29. The van der Waals surface area contributed by atoms with Gasteiger partial charge in [0.1, 0.15) is 5.76 Å². The van der Waals surface area contributed by atoms with E-state index >= 15 is 0 Å². The fourth-order valence-electron chi connectivity index (χ4n) is 2.47. The van der Waals surface area contributed by atoms with Crippen molar-refractivity contribution in [2.75, 3.05) is 5.32 Å². The van der Waals surface area contributed by atoms with Crippen LogP contribution in [-0.2, 0) is 0 Å². The zero-order chi connectivity index (χ0) is 22.0. The van der Waals surface area contributed by atoms with Gasteiger partial charge in [-0.05, 0) is 54.7 Å². The Morgan fingerprint density at radius 1 is 0.933 bits per heavy atom. The predicted molar refractivity (Wildman–Crippen MR) is 121 cm³/mol. The summed E-state index contributed by atoms with van der Waals surface area (Å²) in [6, 6.07) is 10.4. The van der Waals surface area contributed by atoms with Crippen molar-refractivity contribution in [2.45, 2.75) is 0 Å². The van der Waals surface area contributed by atoms with Gasteiger partial charge in [-0.3, -0.25) is 10.1 Å². The number of thiocarbonyl (C=S) groups is 1. The van der Waals surface area contributed by atoms with Gasteiger partial charge in [0.25, 0.3) is 5.91 Å². The van der Waals surface area contributed by atoms with Crippen LogP contribution in [0.5, 0.6) is 0 Å². The molecule has 0 aliphatic heterocycles. The summed E-state index contributed by atoms with van der Waals surface area (Å²) in [6.45, 7) is 0. The third kappa shape index (κ3) is 5.06. The summed E-state index contributed by atoms with van der Waals surface area (Å²) in [7, 11) is 0. The fraction of sp³-hybridized carbons (Fsp3) is 0. The lowest BCUT2D eigenvalue weighted by Crippen LogP contribution is -2.34.